The minimum atomic E-state index is 0.593. The van der Waals surface area contributed by atoms with E-state index in [2.05, 4.69) is 20.9 Å². The van der Waals surface area contributed by atoms with Gasteiger partial charge in [-0.1, -0.05) is 22.0 Å². The van der Waals surface area contributed by atoms with Gasteiger partial charge in [-0.05, 0) is 18.6 Å². The fourth-order valence-corrected chi connectivity index (χ4v) is 1.40. The molecule has 0 amide bonds. The van der Waals surface area contributed by atoms with Crippen molar-refractivity contribution in [3.63, 3.8) is 0 Å². The Morgan fingerprint density at radius 3 is 2.83 bits per heavy atom. The van der Waals surface area contributed by atoms with Crippen LogP contribution < -0.4 is 0 Å². The summed E-state index contributed by atoms with van der Waals surface area (Å²) in [5.74, 6) is 0. The van der Waals surface area contributed by atoms with Gasteiger partial charge in [0.25, 0.3) is 0 Å². The first kappa shape index (κ1) is 9.68. The maximum absolute atomic E-state index is 4.99. The molecule has 0 N–H and O–H groups in total. The van der Waals surface area contributed by atoms with E-state index in [1.165, 1.54) is 0 Å². The molecule has 0 aliphatic carbocycles. The zero-order valence-corrected chi connectivity index (χ0v) is 8.67. The van der Waals surface area contributed by atoms with E-state index < -0.39 is 0 Å². The number of methoxy groups -OCH3 is 1. The zero-order valence-electron chi connectivity index (χ0n) is 7.09. The van der Waals surface area contributed by atoms with Gasteiger partial charge in [-0.25, -0.2) is 0 Å². The fraction of sp³-hybridized carbons (Fsp3) is 0.444. The summed E-state index contributed by atoms with van der Waals surface area (Å²) < 4.78 is 4.99. The lowest BCUT2D eigenvalue weighted by atomic mass is 10.2. The maximum atomic E-state index is 4.99. The zero-order chi connectivity index (χ0) is 8.81. The van der Waals surface area contributed by atoms with E-state index >= 15 is 0 Å². The largest absolute Gasteiger partial charge is 0.378 e. The molecule has 1 aromatic rings. The Morgan fingerprint density at radius 1 is 1.42 bits per heavy atom. The minimum Gasteiger partial charge on any atom is -0.378 e. The van der Waals surface area contributed by atoms with Crippen molar-refractivity contribution in [2.45, 2.75) is 13.0 Å². The smallest absolute Gasteiger partial charge is 0.0884 e. The van der Waals surface area contributed by atoms with Crippen molar-refractivity contribution in [1.82, 2.24) is 4.98 Å². The number of hydrogen-bond acceptors (Lipinski definition) is 2. The topological polar surface area (TPSA) is 22.1 Å². The summed E-state index contributed by atoms with van der Waals surface area (Å²) in [6, 6.07) is 6.01. The third kappa shape index (κ3) is 2.91. The van der Waals surface area contributed by atoms with Gasteiger partial charge >= 0.3 is 0 Å². The number of ether oxygens (including phenoxy) is 1. The number of pyridine rings is 1. The Kier molecular flexibility index (Phi) is 4.25. The molecule has 0 aromatic carbocycles. The van der Waals surface area contributed by atoms with E-state index in [1.807, 2.05) is 18.2 Å². The van der Waals surface area contributed by atoms with Crippen molar-refractivity contribution < 1.29 is 4.74 Å². The predicted octanol–water partition coefficient (Wildman–Crippen LogP) is 2.17. The van der Waals surface area contributed by atoms with Gasteiger partial charge < -0.3 is 4.74 Å². The first-order valence-electron chi connectivity index (χ1n) is 3.86. The van der Waals surface area contributed by atoms with Crippen LogP contribution in [-0.4, -0.2) is 17.4 Å². The Hall–Kier alpha value is -0.410. The van der Waals surface area contributed by atoms with Crippen LogP contribution in [0.2, 0.25) is 0 Å². The van der Waals surface area contributed by atoms with Crippen LogP contribution in [0.5, 0.6) is 0 Å². The van der Waals surface area contributed by atoms with Gasteiger partial charge in [-0.2, -0.15) is 0 Å². The molecule has 0 aliphatic heterocycles. The van der Waals surface area contributed by atoms with Crippen LogP contribution in [-0.2, 0) is 17.8 Å². The van der Waals surface area contributed by atoms with Crippen LogP contribution in [0.15, 0.2) is 18.2 Å². The third-order valence-electron chi connectivity index (χ3n) is 1.51. The normalized spacial score (nSPS) is 10.2. The summed E-state index contributed by atoms with van der Waals surface area (Å²) in [6.07, 6.45) is 0.970. The third-order valence-corrected chi connectivity index (χ3v) is 1.90. The highest BCUT2D eigenvalue weighted by Gasteiger charge is 1.95. The Labute approximate surface area is 81.1 Å². The van der Waals surface area contributed by atoms with Crippen LogP contribution in [0.25, 0.3) is 0 Å². The molecule has 2 nitrogen and oxygen atoms in total. The molecule has 66 valence electrons. The predicted molar refractivity (Wildman–Crippen MR) is 52.4 cm³/mol. The first-order valence-corrected chi connectivity index (χ1v) is 4.98. The van der Waals surface area contributed by atoms with Gasteiger partial charge in [0.1, 0.15) is 0 Å². The number of hydrogen-bond donors (Lipinski definition) is 0. The standard InChI is InChI=1S/C9H12BrNO/c1-12-7-9-4-2-3-8(11-9)5-6-10/h2-4H,5-7H2,1H3. The van der Waals surface area contributed by atoms with Crippen LogP contribution in [0.3, 0.4) is 0 Å². The van der Waals surface area contributed by atoms with E-state index in [1.54, 1.807) is 7.11 Å². The molecule has 0 saturated carbocycles. The number of nitrogens with zero attached hydrogens (tertiary/aromatic N) is 1. The van der Waals surface area contributed by atoms with Crippen LogP contribution >= 0.6 is 15.9 Å². The first-order chi connectivity index (χ1) is 5.86. The fourth-order valence-electron chi connectivity index (χ4n) is 0.994. The number of halogens is 1. The molecule has 3 heteroatoms. The van der Waals surface area contributed by atoms with Gasteiger partial charge in [-0.15, -0.1) is 0 Å². The second kappa shape index (κ2) is 5.27. The minimum absolute atomic E-state index is 0.593. The molecule has 1 aromatic heterocycles. The van der Waals surface area contributed by atoms with Crippen LogP contribution in [0.1, 0.15) is 11.4 Å². The highest BCUT2D eigenvalue weighted by molar-refractivity contribution is 9.09. The molecule has 12 heavy (non-hydrogen) atoms. The average Bonchev–Trinajstić information content (AvgIpc) is 2.06. The molecule has 0 fully saturated rings. The van der Waals surface area contributed by atoms with Crippen molar-refractivity contribution in [2.75, 3.05) is 12.4 Å². The molecular formula is C9H12BrNO. The lowest BCUT2D eigenvalue weighted by Gasteiger charge is -2.01. The molecular weight excluding hydrogens is 218 g/mol. The van der Waals surface area contributed by atoms with Gasteiger partial charge in [0.2, 0.25) is 0 Å². The summed E-state index contributed by atoms with van der Waals surface area (Å²) in [5, 5.41) is 0.955. The molecule has 0 bridgehead atoms. The summed E-state index contributed by atoms with van der Waals surface area (Å²) in [7, 11) is 1.68. The second-order valence-corrected chi connectivity index (χ2v) is 3.29. The highest BCUT2D eigenvalue weighted by atomic mass is 79.9. The van der Waals surface area contributed by atoms with Gasteiger partial charge in [0.05, 0.1) is 12.3 Å². The molecule has 0 aliphatic rings. The van der Waals surface area contributed by atoms with Gasteiger partial charge in [0, 0.05) is 18.1 Å². The molecule has 1 rings (SSSR count). The summed E-state index contributed by atoms with van der Waals surface area (Å²) in [6.45, 7) is 0.593. The molecule has 0 atom stereocenters. The summed E-state index contributed by atoms with van der Waals surface area (Å²) in [4.78, 5) is 4.40. The Balaban J connectivity index is 2.67. The monoisotopic (exact) mass is 229 g/mol. The number of aryl methyl sites for hydroxylation is 1. The number of aromatic nitrogens is 1. The molecule has 0 unspecified atom stereocenters. The average molecular weight is 230 g/mol. The second-order valence-electron chi connectivity index (χ2n) is 2.49. The van der Waals surface area contributed by atoms with Crippen molar-refractivity contribution >= 4 is 15.9 Å². The lowest BCUT2D eigenvalue weighted by Crippen LogP contribution is -1.97. The van der Waals surface area contributed by atoms with E-state index in [9.17, 15) is 0 Å². The number of alkyl halides is 1. The van der Waals surface area contributed by atoms with Crippen molar-refractivity contribution in [1.29, 1.82) is 0 Å². The Morgan fingerprint density at radius 2 is 2.17 bits per heavy atom. The maximum Gasteiger partial charge on any atom is 0.0884 e. The summed E-state index contributed by atoms with van der Waals surface area (Å²) >= 11 is 3.38. The van der Waals surface area contributed by atoms with Crippen molar-refractivity contribution in [3.05, 3.63) is 29.6 Å². The van der Waals surface area contributed by atoms with Gasteiger partial charge in [0.15, 0.2) is 0 Å². The quantitative estimate of drug-likeness (QED) is 0.739. The Bertz CT molecular complexity index is 218. The van der Waals surface area contributed by atoms with Crippen molar-refractivity contribution in [3.8, 4) is 0 Å². The van der Waals surface area contributed by atoms with E-state index in [0.717, 1.165) is 23.1 Å². The van der Waals surface area contributed by atoms with Crippen LogP contribution in [0.4, 0.5) is 0 Å². The van der Waals surface area contributed by atoms with Crippen LogP contribution in [0, 0.1) is 0 Å². The van der Waals surface area contributed by atoms with Crippen molar-refractivity contribution in [2.24, 2.45) is 0 Å². The number of rotatable bonds is 4. The molecule has 0 spiro atoms. The van der Waals surface area contributed by atoms with Gasteiger partial charge in [-0.3, -0.25) is 4.98 Å². The molecule has 1 heterocycles. The molecule has 0 saturated heterocycles. The SMILES string of the molecule is COCc1cccc(CCBr)n1. The van der Waals surface area contributed by atoms with E-state index in [-0.39, 0.29) is 0 Å². The lowest BCUT2D eigenvalue weighted by molar-refractivity contribution is 0.181. The molecule has 0 radical (unpaired) electrons. The van der Waals surface area contributed by atoms with E-state index in [4.69, 9.17) is 4.74 Å². The summed E-state index contributed by atoms with van der Waals surface area (Å²) in [5.41, 5.74) is 2.11. The highest BCUT2D eigenvalue weighted by Crippen LogP contribution is 2.02. The van der Waals surface area contributed by atoms with E-state index in [0.29, 0.717) is 6.61 Å².